The normalized spacial score (nSPS) is 15.3. The molecule has 11 heteroatoms. The topological polar surface area (TPSA) is 88.6 Å². The first kappa shape index (κ1) is 19.4. The predicted octanol–water partition coefficient (Wildman–Crippen LogP) is 2.65. The van der Waals surface area contributed by atoms with Gasteiger partial charge in [-0.1, -0.05) is 23.2 Å². The van der Waals surface area contributed by atoms with E-state index in [0.717, 1.165) is 0 Å². The third kappa shape index (κ3) is 4.66. The zero-order valence-corrected chi connectivity index (χ0v) is 16.6. The van der Waals surface area contributed by atoms with E-state index in [1.807, 2.05) is 0 Å². The summed E-state index contributed by atoms with van der Waals surface area (Å²) >= 11 is 12.9. The summed E-state index contributed by atoms with van der Waals surface area (Å²) in [6.07, 6.45) is 0.533. The Bertz CT molecular complexity index is 917. The smallest absolute Gasteiger partial charge is 0.265 e. The molecule has 2 aromatic rings. The second kappa shape index (κ2) is 8.10. The third-order valence-corrected chi connectivity index (χ3v) is 6.67. The highest BCUT2D eigenvalue weighted by Gasteiger charge is 2.21. The lowest BCUT2D eigenvalue weighted by Gasteiger charge is -2.26. The lowest BCUT2D eigenvalue weighted by molar-refractivity contribution is -0.142. The van der Waals surface area contributed by atoms with Gasteiger partial charge in [0.1, 0.15) is 11.5 Å². The summed E-state index contributed by atoms with van der Waals surface area (Å²) in [6, 6.07) is 4.16. The number of hydrogen-bond donors (Lipinski definition) is 1. The fourth-order valence-corrected chi connectivity index (χ4v) is 5.14. The van der Waals surface area contributed by atoms with Crippen LogP contribution < -0.4 is 4.72 Å². The Morgan fingerprint density at radius 2 is 2.15 bits per heavy atom. The largest absolute Gasteiger partial charge is 0.370 e. The van der Waals surface area contributed by atoms with Crippen molar-refractivity contribution in [2.45, 2.75) is 11.3 Å². The van der Waals surface area contributed by atoms with Gasteiger partial charge < -0.3 is 9.64 Å². The molecule has 140 valence electrons. The molecule has 0 atom stereocenters. The second-order valence-electron chi connectivity index (χ2n) is 5.51. The van der Waals surface area contributed by atoms with Gasteiger partial charge in [-0.3, -0.25) is 9.52 Å². The van der Waals surface area contributed by atoms with Crippen LogP contribution in [0.1, 0.15) is 5.69 Å². The Hall–Kier alpha value is -1.39. The second-order valence-corrected chi connectivity index (χ2v) is 8.86. The van der Waals surface area contributed by atoms with Gasteiger partial charge in [0.2, 0.25) is 5.91 Å². The maximum Gasteiger partial charge on any atom is 0.265 e. The molecule has 1 aromatic heterocycles. The molecule has 7 nitrogen and oxygen atoms in total. The summed E-state index contributed by atoms with van der Waals surface area (Å²) in [4.78, 5) is 17.6. The molecule has 0 bridgehead atoms. The van der Waals surface area contributed by atoms with Crippen LogP contribution in [0.5, 0.6) is 0 Å². The number of morpholine rings is 1. The summed E-state index contributed by atoms with van der Waals surface area (Å²) in [5.74, 6) is -0.0511. The minimum Gasteiger partial charge on any atom is -0.370 e. The van der Waals surface area contributed by atoms with Crippen LogP contribution in [0.15, 0.2) is 28.5 Å². The van der Waals surface area contributed by atoms with Crippen LogP contribution in [-0.2, 0) is 26.0 Å². The summed E-state index contributed by atoms with van der Waals surface area (Å²) < 4.78 is 32.4. The van der Waals surface area contributed by atoms with Gasteiger partial charge in [-0.05, 0) is 18.2 Å². The fraction of sp³-hybridized carbons (Fsp3) is 0.333. The summed E-state index contributed by atoms with van der Waals surface area (Å²) in [7, 11) is -3.87. The van der Waals surface area contributed by atoms with Crippen molar-refractivity contribution in [3.05, 3.63) is 39.3 Å². The van der Waals surface area contributed by atoms with Crippen LogP contribution in [0.4, 0.5) is 5.13 Å². The van der Waals surface area contributed by atoms with Crippen LogP contribution in [0, 0.1) is 0 Å². The minimum atomic E-state index is -3.87. The highest BCUT2D eigenvalue weighted by molar-refractivity contribution is 7.93. The van der Waals surface area contributed by atoms with Crippen molar-refractivity contribution < 1.29 is 17.9 Å². The third-order valence-electron chi connectivity index (χ3n) is 3.68. The Kier molecular flexibility index (Phi) is 6.03. The van der Waals surface area contributed by atoms with Crippen molar-refractivity contribution in [1.82, 2.24) is 9.88 Å². The molecule has 0 spiro atoms. The molecule has 0 unspecified atom stereocenters. The minimum absolute atomic E-state index is 0.0348. The number of rotatable bonds is 6. The number of anilines is 1. The zero-order chi connectivity index (χ0) is 18.7. The monoisotopic (exact) mass is 435 g/mol. The molecule has 0 saturated carbocycles. The number of thiazole rings is 1. The van der Waals surface area contributed by atoms with E-state index in [0.29, 0.717) is 36.8 Å². The van der Waals surface area contributed by atoms with E-state index in [-0.39, 0.29) is 27.6 Å². The number of hydrogen-bond acceptors (Lipinski definition) is 6. The van der Waals surface area contributed by atoms with Crippen LogP contribution >= 0.6 is 34.5 Å². The van der Waals surface area contributed by atoms with E-state index < -0.39 is 10.0 Å². The van der Waals surface area contributed by atoms with Crippen LogP contribution in [0.25, 0.3) is 0 Å². The number of ether oxygens (including phenoxy) is 1. The van der Waals surface area contributed by atoms with E-state index in [4.69, 9.17) is 27.9 Å². The number of nitrogens with zero attached hydrogens (tertiary/aromatic N) is 2. The van der Waals surface area contributed by atoms with Crippen molar-refractivity contribution >= 4 is 55.6 Å². The molecule has 1 aromatic carbocycles. The molecule has 1 saturated heterocycles. The standard InChI is InChI=1S/C15H15Cl2N3O4S2/c16-10-1-2-13(12(17)7-10)26(22,23)19-15-18-11(9-25-15)3-4-20-5-6-24-8-14(20)21/h1-2,7,9H,3-6,8H2,(H,18,19). The number of benzene rings is 1. The first-order valence-corrected chi connectivity index (χ1v) is 10.7. The van der Waals surface area contributed by atoms with E-state index in [2.05, 4.69) is 9.71 Å². The van der Waals surface area contributed by atoms with E-state index in [9.17, 15) is 13.2 Å². The predicted molar refractivity (Wildman–Crippen MR) is 100 cm³/mol. The molecule has 1 N–H and O–H groups in total. The summed E-state index contributed by atoms with van der Waals surface area (Å²) in [5, 5.41) is 2.38. The number of carbonyl (C=O) groups excluding carboxylic acids is 1. The highest BCUT2D eigenvalue weighted by Crippen LogP contribution is 2.27. The van der Waals surface area contributed by atoms with E-state index in [1.54, 1.807) is 10.3 Å². The Morgan fingerprint density at radius 3 is 2.88 bits per heavy atom. The van der Waals surface area contributed by atoms with Crippen molar-refractivity contribution in [2.75, 3.05) is 31.0 Å². The highest BCUT2D eigenvalue weighted by atomic mass is 35.5. The van der Waals surface area contributed by atoms with E-state index in [1.165, 1.54) is 29.5 Å². The fourth-order valence-electron chi connectivity index (χ4n) is 2.37. The quantitative estimate of drug-likeness (QED) is 0.752. The molecule has 3 rings (SSSR count). The molecule has 1 amide bonds. The number of carbonyl (C=O) groups is 1. The average molecular weight is 436 g/mol. The van der Waals surface area contributed by atoms with Crippen LogP contribution in [-0.4, -0.2) is 50.5 Å². The van der Waals surface area contributed by atoms with Crippen LogP contribution in [0.3, 0.4) is 0 Å². The first-order chi connectivity index (χ1) is 12.3. The lowest BCUT2D eigenvalue weighted by atomic mass is 10.3. The maximum absolute atomic E-state index is 12.5. The Morgan fingerprint density at radius 1 is 1.35 bits per heavy atom. The number of sulfonamides is 1. The van der Waals surface area contributed by atoms with Crippen LogP contribution in [0.2, 0.25) is 10.0 Å². The van der Waals surface area contributed by atoms with Crippen molar-refractivity contribution in [2.24, 2.45) is 0 Å². The molecule has 0 aliphatic carbocycles. The van der Waals surface area contributed by atoms with Gasteiger partial charge in [-0.15, -0.1) is 11.3 Å². The van der Waals surface area contributed by atoms with Gasteiger partial charge in [-0.25, -0.2) is 13.4 Å². The summed E-state index contributed by atoms with van der Waals surface area (Å²) in [5.41, 5.74) is 0.703. The first-order valence-electron chi connectivity index (χ1n) is 7.63. The van der Waals surface area contributed by atoms with Gasteiger partial charge in [0.05, 0.1) is 17.3 Å². The molecule has 26 heavy (non-hydrogen) atoms. The SMILES string of the molecule is O=C1COCCN1CCc1csc(NS(=O)(=O)c2ccc(Cl)cc2Cl)n1. The van der Waals surface area contributed by atoms with Gasteiger partial charge >= 0.3 is 0 Å². The molecule has 1 fully saturated rings. The molecule has 1 aliphatic rings. The van der Waals surface area contributed by atoms with Crippen molar-refractivity contribution in [3.8, 4) is 0 Å². The zero-order valence-electron chi connectivity index (χ0n) is 13.4. The van der Waals surface area contributed by atoms with E-state index >= 15 is 0 Å². The number of amides is 1. The summed E-state index contributed by atoms with van der Waals surface area (Å²) in [6.45, 7) is 1.69. The molecular weight excluding hydrogens is 421 g/mol. The van der Waals surface area contributed by atoms with Gasteiger partial charge in [0.25, 0.3) is 10.0 Å². The molecule has 0 radical (unpaired) electrons. The molecular formula is C15H15Cl2N3O4S2. The van der Waals surface area contributed by atoms with Crippen molar-refractivity contribution in [3.63, 3.8) is 0 Å². The number of halogens is 2. The lowest BCUT2D eigenvalue weighted by Crippen LogP contribution is -2.42. The maximum atomic E-state index is 12.5. The van der Waals surface area contributed by atoms with Gasteiger partial charge in [0, 0.05) is 29.9 Å². The van der Waals surface area contributed by atoms with Gasteiger partial charge in [-0.2, -0.15) is 0 Å². The Balaban J connectivity index is 1.65. The molecule has 1 aliphatic heterocycles. The number of nitrogens with one attached hydrogen (secondary N) is 1. The molecule has 2 heterocycles. The van der Waals surface area contributed by atoms with Gasteiger partial charge in [0.15, 0.2) is 5.13 Å². The number of aromatic nitrogens is 1. The average Bonchev–Trinajstić information content (AvgIpc) is 3.00. The Labute approximate surface area is 164 Å². The van der Waals surface area contributed by atoms with Crippen molar-refractivity contribution in [1.29, 1.82) is 0 Å².